The van der Waals surface area contributed by atoms with Gasteiger partial charge in [-0.05, 0) is 26.0 Å². The molecule has 0 bridgehead atoms. The van der Waals surface area contributed by atoms with Gasteiger partial charge in [-0.15, -0.1) is 0 Å². The van der Waals surface area contributed by atoms with Gasteiger partial charge in [0.05, 0.1) is 6.10 Å². The highest BCUT2D eigenvalue weighted by atomic mass is 19.1. The van der Waals surface area contributed by atoms with Gasteiger partial charge in [0.25, 0.3) is 0 Å². The Labute approximate surface area is 105 Å². The summed E-state index contributed by atoms with van der Waals surface area (Å²) in [7, 11) is 0. The summed E-state index contributed by atoms with van der Waals surface area (Å²) in [6, 6.07) is 6.71. The predicted octanol–water partition coefficient (Wildman–Crippen LogP) is 3.17. The van der Waals surface area contributed by atoms with Crippen molar-refractivity contribution >= 4 is 0 Å². The van der Waals surface area contributed by atoms with Crippen LogP contribution in [0.25, 0.3) is 11.3 Å². The van der Waals surface area contributed by atoms with E-state index in [0.29, 0.717) is 11.3 Å². The first-order chi connectivity index (χ1) is 8.66. The lowest BCUT2D eigenvalue weighted by atomic mass is 10.1. The number of aryl methyl sites for hydroxylation is 1. The molecule has 18 heavy (non-hydrogen) atoms. The van der Waals surface area contributed by atoms with E-state index < -0.39 is 0 Å². The van der Waals surface area contributed by atoms with Gasteiger partial charge in [0.2, 0.25) is 5.88 Å². The maximum atomic E-state index is 13.8. The van der Waals surface area contributed by atoms with Crippen LogP contribution >= 0.6 is 0 Å². The van der Waals surface area contributed by atoms with Crippen molar-refractivity contribution in [2.45, 2.75) is 32.9 Å². The van der Waals surface area contributed by atoms with E-state index in [9.17, 15) is 4.39 Å². The fourth-order valence-electron chi connectivity index (χ4n) is 2.30. The molecule has 0 unspecified atom stereocenters. The van der Waals surface area contributed by atoms with Crippen molar-refractivity contribution in [2.24, 2.45) is 0 Å². The van der Waals surface area contributed by atoms with Crippen molar-refractivity contribution in [3.63, 3.8) is 0 Å². The van der Waals surface area contributed by atoms with Gasteiger partial charge in [0.1, 0.15) is 11.5 Å². The zero-order valence-corrected chi connectivity index (χ0v) is 10.5. The molecule has 0 saturated heterocycles. The van der Waals surface area contributed by atoms with Gasteiger partial charge in [-0.1, -0.05) is 12.1 Å². The number of hydrogen-bond donors (Lipinski definition) is 0. The molecule has 0 fully saturated rings. The van der Waals surface area contributed by atoms with Crippen LogP contribution < -0.4 is 4.74 Å². The van der Waals surface area contributed by atoms with Gasteiger partial charge in [-0.25, -0.2) is 9.07 Å². The van der Waals surface area contributed by atoms with Crippen molar-refractivity contribution < 1.29 is 9.13 Å². The molecule has 2 heterocycles. The van der Waals surface area contributed by atoms with E-state index in [0.717, 1.165) is 24.4 Å². The largest absolute Gasteiger partial charge is 0.475 e. The lowest BCUT2D eigenvalue weighted by Gasteiger charge is -2.21. The highest BCUT2D eigenvalue weighted by molar-refractivity contribution is 5.65. The second-order valence-corrected chi connectivity index (χ2v) is 4.70. The van der Waals surface area contributed by atoms with Crippen molar-refractivity contribution in [1.82, 2.24) is 9.78 Å². The molecule has 0 amide bonds. The molecule has 0 radical (unpaired) electrons. The first-order valence-electron chi connectivity index (χ1n) is 6.16. The first kappa shape index (κ1) is 11.3. The van der Waals surface area contributed by atoms with Crippen molar-refractivity contribution in [3.05, 3.63) is 35.6 Å². The van der Waals surface area contributed by atoms with Gasteiger partial charge in [-0.3, -0.25) is 0 Å². The number of benzene rings is 1. The highest BCUT2D eigenvalue weighted by Gasteiger charge is 2.24. The SMILES string of the molecule is Cc1c(-c2ccccc2F)nn2c1O[C@@H](C)CC2. The summed E-state index contributed by atoms with van der Waals surface area (Å²) >= 11 is 0. The number of nitrogens with zero attached hydrogens (tertiary/aromatic N) is 2. The van der Waals surface area contributed by atoms with E-state index in [1.54, 1.807) is 12.1 Å². The monoisotopic (exact) mass is 246 g/mol. The molecule has 1 aromatic heterocycles. The molecular formula is C14H15FN2O. The molecule has 0 aliphatic carbocycles. The average Bonchev–Trinajstić information content (AvgIpc) is 2.68. The van der Waals surface area contributed by atoms with E-state index in [2.05, 4.69) is 5.10 Å². The Hall–Kier alpha value is -1.84. The van der Waals surface area contributed by atoms with Crippen molar-refractivity contribution in [2.75, 3.05) is 0 Å². The molecule has 0 spiro atoms. The summed E-state index contributed by atoms with van der Waals surface area (Å²) in [6.45, 7) is 4.79. The minimum Gasteiger partial charge on any atom is -0.475 e. The molecule has 4 heteroatoms. The van der Waals surface area contributed by atoms with E-state index in [1.807, 2.05) is 24.6 Å². The average molecular weight is 246 g/mol. The number of hydrogen-bond acceptors (Lipinski definition) is 2. The summed E-state index contributed by atoms with van der Waals surface area (Å²) in [5, 5.41) is 4.47. The highest BCUT2D eigenvalue weighted by Crippen LogP contribution is 2.33. The number of fused-ring (bicyclic) bond motifs is 1. The summed E-state index contributed by atoms with van der Waals surface area (Å²) in [6.07, 6.45) is 1.13. The Morgan fingerprint density at radius 2 is 2.17 bits per heavy atom. The lowest BCUT2D eigenvalue weighted by Crippen LogP contribution is -2.23. The Kier molecular flexibility index (Phi) is 2.58. The molecule has 1 aromatic carbocycles. The quantitative estimate of drug-likeness (QED) is 0.772. The Balaban J connectivity index is 2.12. The Bertz CT molecular complexity index is 591. The second-order valence-electron chi connectivity index (χ2n) is 4.70. The van der Waals surface area contributed by atoms with Gasteiger partial charge in [0, 0.05) is 24.1 Å². The molecule has 3 rings (SSSR count). The molecule has 1 aliphatic rings. The predicted molar refractivity (Wildman–Crippen MR) is 67.1 cm³/mol. The van der Waals surface area contributed by atoms with Gasteiger partial charge in [0.15, 0.2) is 0 Å². The lowest BCUT2D eigenvalue weighted by molar-refractivity contribution is 0.148. The van der Waals surface area contributed by atoms with Crippen molar-refractivity contribution in [3.8, 4) is 17.1 Å². The summed E-state index contributed by atoms with van der Waals surface area (Å²) < 4.78 is 21.4. The fourth-order valence-corrected chi connectivity index (χ4v) is 2.30. The van der Waals surface area contributed by atoms with Crippen LogP contribution in [0.2, 0.25) is 0 Å². The molecule has 94 valence electrons. The van der Waals surface area contributed by atoms with E-state index in [4.69, 9.17) is 4.74 Å². The van der Waals surface area contributed by atoms with Crippen LogP contribution in [-0.2, 0) is 6.54 Å². The van der Waals surface area contributed by atoms with Crippen LogP contribution in [0.1, 0.15) is 18.9 Å². The zero-order valence-electron chi connectivity index (χ0n) is 10.5. The topological polar surface area (TPSA) is 27.1 Å². The maximum Gasteiger partial charge on any atom is 0.215 e. The van der Waals surface area contributed by atoms with Crippen molar-refractivity contribution in [1.29, 1.82) is 0 Å². The second kappa shape index (κ2) is 4.12. The van der Waals surface area contributed by atoms with E-state index >= 15 is 0 Å². The third-order valence-electron chi connectivity index (χ3n) is 3.32. The maximum absolute atomic E-state index is 13.8. The molecule has 1 aliphatic heterocycles. The Morgan fingerprint density at radius 1 is 1.39 bits per heavy atom. The minimum absolute atomic E-state index is 0.196. The van der Waals surface area contributed by atoms with E-state index in [-0.39, 0.29) is 11.9 Å². The number of halogens is 1. The Morgan fingerprint density at radius 3 is 2.94 bits per heavy atom. The number of ether oxygens (including phenoxy) is 1. The summed E-state index contributed by atoms with van der Waals surface area (Å²) in [4.78, 5) is 0. The van der Waals surface area contributed by atoms with E-state index in [1.165, 1.54) is 6.07 Å². The van der Waals surface area contributed by atoms with Gasteiger partial charge < -0.3 is 4.74 Å². The van der Waals surface area contributed by atoms with Crippen LogP contribution in [0, 0.1) is 12.7 Å². The zero-order chi connectivity index (χ0) is 12.7. The minimum atomic E-state index is -0.246. The molecule has 0 N–H and O–H groups in total. The summed E-state index contributed by atoms with van der Waals surface area (Å²) in [5.74, 6) is 0.524. The molecule has 1 atom stereocenters. The van der Waals surface area contributed by atoms with Crippen LogP contribution in [0.4, 0.5) is 4.39 Å². The third kappa shape index (κ3) is 1.68. The number of aromatic nitrogens is 2. The van der Waals surface area contributed by atoms with Gasteiger partial charge >= 0.3 is 0 Å². The van der Waals surface area contributed by atoms with Crippen LogP contribution in [0.15, 0.2) is 24.3 Å². The molecular weight excluding hydrogens is 231 g/mol. The molecule has 0 saturated carbocycles. The number of rotatable bonds is 1. The first-order valence-corrected chi connectivity index (χ1v) is 6.16. The molecule has 2 aromatic rings. The third-order valence-corrected chi connectivity index (χ3v) is 3.32. The fraction of sp³-hybridized carbons (Fsp3) is 0.357. The summed E-state index contributed by atoms with van der Waals surface area (Å²) in [5.41, 5.74) is 2.12. The van der Waals surface area contributed by atoms with Gasteiger partial charge in [-0.2, -0.15) is 5.10 Å². The van der Waals surface area contributed by atoms with Crippen LogP contribution in [0.5, 0.6) is 5.88 Å². The normalized spacial score (nSPS) is 18.3. The van der Waals surface area contributed by atoms with Crippen LogP contribution in [-0.4, -0.2) is 15.9 Å². The molecule has 3 nitrogen and oxygen atoms in total. The smallest absolute Gasteiger partial charge is 0.215 e. The van der Waals surface area contributed by atoms with Crippen LogP contribution in [0.3, 0.4) is 0 Å². The standard InChI is InChI=1S/C14H15FN2O/c1-9-7-8-17-14(18-9)10(2)13(16-17)11-5-3-4-6-12(11)15/h3-6,9H,7-8H2,1-2H3/t9-/m0/s1.